The predicted molar refractivity (Wildman–Crippen MR) is 161 cm³/mol. The van der Waals surface area contributed by atoms with Crippen LogP contribution in [-0.4, -0.2) is 79.6 Å². The summed E-state index contributed by atoms with van der Waals surface area (Å²) >= 11 is 0. The number of nitrogens with zero attached hydrogens (tertiary/aromatic N) is 5. The zero-order valence-corrected chi connectivity index (χ0v) is 24.7. The Bertz CT molecular complexity index is 1360. The molecule has 9 heteroatoms. The molecule has 2 saturated heterocycles. The molecule has 0 aliphatic carbocycles. The first kappa shape index (κ1) is 29.7. The van der Waals surface area contributed by atoms with Gasteiger partial charge in [-0.1, -0.05) is 42.5 Å². The number of aliphatic carboxylic acids is 1. The number of aryl methyl sites for hydroxylation is 2. The number of benzene rings is 2. The maximum Gasteiger partial charge on any atom is 0.337 e. The second-order valence-electron chi connectivity index (χ2n) is 11.9. The van der Waals surface area contributed by atoms with Gasteiger partial charge < -0.3 is 20.0 Å². The van der Waals surface area contributed by atoms with Gasteiger partial charge in [0.25, 0.3) is 5.91 Å². The van der Waals surface area contributed by atoms with Gasteiger partial charge in [-0.05, 0) is 69.7 Å². The third-order valence-electron chi connectivity index (χ3n) is 9.21. The fourth-order valence-electron chi connectivity index (χ4n) is 6.49. The number of aliphatic hydroxyl groups excluding tert-OH is 1. The summed E-state index contributed by atoms with van der Waals surface area (Å²) in [4.78, 5) is 40.0. The monoisotopic (exact) mass is 571 g/mol. The summed E-state index contributed by atoms with van der Waals surface area (Å²) in [5, 5.41) is 19.2. The Labute approximate surface area is 247 Å². The Kier molecular flexibility index (Phi) is 8.89. The van der Waals surface area contributed by atoms with Crippen LogP contribution in [0.25, 0.3) is 0 Å². The standard InChI is InChI=1S/C33H41N5O4/c1-23-29(24(2)35-22-34-23)31(40)36-19-15-33(3,16-20-36)37-17-13-28(14-18-37)38(21-25-7-5-4-6-8-25)27-11-9-26(10-12-27)30(39)32(41)42/h4-12,22,28,30,39H,13-21H2,1-3H3,(H,41,42)/t30-/m0/s1. The van der Waals surface area contributed by atoms with Crippen molar-refractivity contribution in [2.24, 2.45) is 0 Å². The van der Waals surface area contributed by atoms with Crippen LogP contribution in [0, 0.1) is 13.8 Å². The van der Waals surface area contributed by atoms with Gasteiger partial charge in [0.05, 0.1) is 17.0 Å². The molecular weight excluding hydrogens is 530 g/mol. The number of likely N-dealkylation sites (tertiary alicyclic amines) is 2. The Morgan fingerprint density at radius 1 is 0.952 bits per heavy atom. The number of carboxylic acid groups (broad SMARTS) is 1. The van der Waals surface area contributed by atoms with E-state index in [1.807, 2.05) is 49.1 Å². The van der Waals surface area contributed by atoms with Gasteiger partial charge in [-0.15, -0.1) is 0 Å². The molecular formula is C33H41N5O4. The molecule has 0 radical (unpaired) electrons. The highest BCUT2D eigenvalue weighted by Gasteiger charge is 2.39. The summed E-state index contributed by atoms with van der Waals surface area (Å²) in [5.74, 6) is -1.22. The van der Waals surface area contributed by atoms with Gasteiger partial charge >= 0.3 is 5.97 Å². The fourth-order valence-corrected chi connectivity index (χ4v) is 6.49. The van der Waals surface area contributed by atoms with E-state index in [4.69, 9.17) is 0 Å². The van der Waals surface area contributed by atoms with Crippen molar-refractivity contribution >= 4 is 17.6 Å². The van der Waals surface area contributed by atoms with Gasteiger partial charge in [0.1, 0.15) is 6.33 Å². The normalized spacial score (nSPS) is 18.4. The molecule has 1 aromatic heterocycles. The minimum absolute atomic E-state index is 0.0322. The highest BCUT2D eigenvalue weighted by Crippen LogP contribution is 2.34. The van der Waals surface area contributed by atoms with Crippen LogP contribution in [0.3, 0.4) is 0 Å². The molecule has 2 aliphatic heterocycles. The fraction of sp³-hybridized carbons (Fsp3) is 0.455. The Balaban J connectivity index is 1.24. The second-order valence-corrected chi connectivity index (χ2v) is 11.9. The van der Waals surface area contributed by atoms with Crippen LogP contribution in [0.15, 0.2) is 60.9 Å². The highest BCUT2D eigenvalue weighted by atomic mass is 16.4. The van der Waals surface area contributed by atoms with Crippen molar-refractivity contribution < 1.29 is 19.8 Å². The third-order valence-corrected chi connectivity index (χ3v) is 9.21. The summed E-state index contributed by atoms with van der Waals surface area (Å²) in [6, 6.07) is 18.0. The van der Waals surface area contributed by atoms with E-state index < -0.39 is 12.1 Å². The number of carboxylic acids is 1. The number of aromatic nitrogens is 2. The number of carbonyl (C=O) groups excluding carboxylic acids is 1. The number of hydrogen-bond acceptors (Lipinski definition) is 7. The zero-order valence-electron chi connectivity index (χ0n) is 24.7. The summed E-state index contributed by atoms with van der Waals surface area (Å²) in [5.41, 5.74) is 4.75. The first-order chi connectivity index (χ1) is 20.2. The minimum atomic E-state index is -1.53. The molecule has 2 aromatic carbocycles. The molecule has 0 saturated carbocycles. The van der Waals surface area contributed by atoms with Crippen molar-refractivity contribution in [3.05, 3.63) is 89.0 Å². The Morgan fingerprint density at radius 3 is 2.12 bits per heavy atom. The van der Waals surface area contributed by atoms with E-state index >= 15 is 0 Å². The van der Waals surface area contributed by atoms with Crippen LogP contribution < -0.4 is 4.90 Å². The lowest BCUT2D eigenvalue weighted by Gasteiger charge is -2.50. The molecule has 2 aliphatic rings. The number of piperidine rings is 2. The topological polar surface area (TPSA) is 110 Å². The van der Waals surface area contributed by atoms with Gasteiger partial charge in [0, 0.05) is 50.0 Å². The molecule has 5 rings (SSSR count). The van der Waals surface area contributed by atoms with E-state index in [1.54, 1.807) is 12.1 Å². The average Bonchev–Trinajstić information content (AvgIpc) is 3.00. The van der Waals surface area contributed by atoms with Crippen LogP contribution in [-0.2, 0) is 11.3 Å². The predicted octanol–water partition coefficient (Wildman–Crippen LogP) is 4.38. The maximum atomic E-state index is 13.3. The Hall–Kier alpha value is -3.82. The molecule has 0 unspecified atom stereocenters. The van der Waals surface area contributed by atoms with Gasteiger partial charge in [-0.3, -0.25) is 9.69 Å². The first-order valence-electron chi connectivity index (χ1n) is 14.8. The molecule has 1 atom stereocenters. The number of carbonyl (C=O) groups is 2. The molecule has 0 bridgehead atoms. The van der Waals surface area contributed by atoms with E-state index in [0.717, 1.165) is 75.5 Å². The lowest BCUT2D eigenvalue weighted by Crippen LogP contribution is -2.58. The number of amides is 1. The van der Waals surface area contributed by atoms with Gasteiger partial charge in [-0.25, -0.2) is 14.8 Å². The van der Waals surface area contributed by atoms with Gasteiger partial charge in [-0.2, -0.15) is 0 Å². The van der Waals surface area contributed by atoms with Crippen molar-refractivity contribution in [1.82, 2.24) is 19.8 Å². The van der Waals surface area contributed by atoms with Crippen LogP contribution in [0.1, 0.15) is 71.6 Å². The van der Waals surface area contributed by atoms with Crippen molar-refractivity contribution in [1.29, 1.82) is 0 Å². The molecule has 9 nitrogen and oxygen atoms in total. The molecule has 3 heterocycles. The van der Waals surface area contributed by atoms with E-state index in [0.29, 0.717) is 17.2 Å². The number of anilines is 1. The molecule has 222 valence electrons. The number of rotatable bonds is 8. The van der Waals surface area contributed by atoms with Crippen LogP contribution in [0.4, 0.5) is 5.69 Å². The Morgan fingerprint density at radius 2 is 1.55 bits per heavy atom. The molecule has 1 amide bonds. The lowest BCUT2D eigenvalue weighted by molar-refractivity contribution is -0.146. The summed E-state index contributed by atoms with van der Waals surface area (Å²) in [6.07, 6.45) is 3.85. The van der Waals surface area contributed by atoms with Crippen molar-refractivity contribution in [3.8, 4) is 0 Å². The summed E-state index contributed by atoms with van der Waals surface area (Å²) in [7, 11) is 0. The maximum absolute atomic E-state index is 13.3. The molecule has 42 heavy (non-hydrogen) atoms. The highest BCUT2D eigenvalue weighted by molar-refractivity contribution is 5.96. The number of hydrogen-bond donors (Lipinski definition) is 2. The smallest absolute Gasteiger partial charge is 0.337 e. The van der Waals surface area contributed by atoms with Crippen LogP contribution in [0.5, 0.6) is 0 Å². The third kappa shape index (κ3) is 6.32. The first-order valence-corrected chi connectivity index (χ1v) is 14.8. The molecule has 2 fully saturated rings. The minimum Gasteiger partial charge on any atom is -0.479 e. The van der Waals surface area contributed by atoms with Crippen LogP contribution >= 0.6 is 0 Å². The quantitative estimate of drug-likeness (QED) is 0.410. The molecule has 2 N–H and O–H groups in total. The summed E-state index contributed by atoms with van der Waals surface area (Å²) in [6.45, 7) is 10.2. The zero-order chi connectivity index (χ0) is 29.9. The average molecular weight is 572 g/mol. The summed E-state index contributed by atoms with van der Waals surface area (Å²) < 4.78 is 0. The second kappa shape index (κ2) is 12.6. The SMILES string of the molecule is Cc1ncnc(C)c1C(=O)N1CCC(C)(N2CCC(N(Cc3ccccc3)c3ccc([C@H](O)C(=O)O)cc3)CC2)CC1. The van der Waals surface area contributed by atoms with Gasteiger partial charge in [0.2, 0.25) is 0 Å². The van der Waals surface area contributed by atoms with E-state index in [-0.39, 0.29) is 11.4 Å². The lowest BCUT2D eigenvalue weighted by atomic mass is 9.85. The van der Waals surface area contributed by atoms with E-state index in [2.05, 4.69) is 38.8 Å². The van der Waals surface area contributed by atoms with Crippen molar-refractivity contribution in [2.45, 2.75) is 70.7 Å². The van der Waals surface area contributed by atoms with Crippen molar-refractivity contribution in [3.63, 3.8) is 0 Å². The molecule has 3 aromatic rings. The number of aliphatic hydroxyl groups is 1. The van der Waals surface area contributed by atoms with Crippen molar-refractivity contribution in [2.75, 3.05) is 31.1 Å². The van der Waals surface area contributed by atoms with E-state index in [9.17, 15) is 19.8 Å². The largest absolute Gasteiger partial charge is 0.479 e. The van der Waals surface area contributed by atoms with Crippen LogP contribution in [0.2, 0.25) is 0 Å². The molecule has 0 spiro atoms. The van der Waals surface area contributed by atoms with Gasteiger partial charge in [0.15, 0.2) is 6.10 Å². The van der Waals surface area contributed by atoms with E-state index in [1.165, 1.54) is 11.9 Å².